The summed E-state index contributed by atoms with van der Waals surface area (Å²) in [5.41, 5.74) is 1.55. The molecule has 3 aromatic heterocycles. The number of hydrogen-bond donors (Lipinski definition) is 0. The summed E-state index contributed by atoms with van der Waals surface area (Å²) in [7, 11) is 2.10. The molecule has 6 heteroatoms. The van der Waals surface area contributed by atoms with E-state index in [-0.39, 0.29) is 5.92 Å². The van der Waals surface area contributed by atoms with Crippen LogP contribution in [0.3, 0.4) is 0 Å². The molecular formula is C20H22N4O2. The number of hydrogen-bond acceptors (Lipinski definition) is 6. The average molecular weight is 350 g/mol. The van der Waals surface area contributed by atoms with E-state index in [9.17, 15) is 4.79 Å². The number of carbonyl (C=O) groups is 1. The molecule has 26 heavy (non-hydrogen) atoms. The van der Waals surface area contributed by atoms with Gasteiger partial charge < -0.3 is 9.32 Å². The van der Waals surface area contributed by atoms with Crippen LogP contribution in [0.5, 0.6) is 0 Å². The van der Waals surface area contributed by atoms with Gasteiger partial charge in [0.25, 0.3) is 0 Å². The maximum Gasteiger partial charge on any atom is 0.191 e. The molecule has 134 valence electrons. The van der Waals surface area contributed by atoms with Crippen molar-refractivity contribution >= 4 is 16.6 Å². The SMILES string of the molecule is Cc1ncc(-c2cc3cc(CC(=O)C4CCN(C)CC4)ncc3cn2)o1. The first-order chi connectivity index (χ1) is 12.6. The highest BCUT2D eigenvalue weighted by atomic mass is 16.4. The van der Waals surface area contributed by atoms with Crippen LogP contribution in [0.4, 0.5) is 0 Å². The predicted octanol–water partition coefficient (Wildman–Crippen LogP) is 3.05. The van der Waals surface area contributed by atoms with Crippen LogP contribution in [0.1, 0.15) is 24.4 Å². The third kappa shape index (κ3) is 3.51. The van der Waals surface area contributed by atoms with Gasteiger partial charge in [0.15, 0.2) is 11.7 Å². The first kappa shape index (κ1) is 16.8. The smallest absolute Gasteiger partial charge is 0.191 e. The van der Waals surface area contributed by atoms with Crippen molar-refractivity contribution in [1.29, 1.82) is 0 Å². The van der Waals surface area contributed by atoms with Crippen molar-refractivity contribution in [3.63, 3.8) is 0 Å². The summed E-state index contributed by atoms with van der Waals surface area (Å²) in [6, 6.07) is 3.94. The van der Waals surface area contributed by atoms with E-state index in [0.29, 0.717) is 23.9 Å². The topological polar surface area (TPSA) is 72.1 Å². The summed E-state index contributed by atoms with van der Waals surface area (Å²) >= 11 is 0. The largest absolute Gasteiger partial charge is 0.439 e. The molecule has 0 N–H and O–H groups in total. The summed E-state index contributed by atoms with van der Waals surface area (Å²) in [6.45, 7) is 3.79. The molecular weight excluding hydrogens is 328 g/mol. The Hall–Kier alpha value is -2.60. The fourth-order valence-electron chi connectivity index (χ4n) is 3.45. The van der Waals surface area contributed by atoms with E-state index in [2.05, 4.69) is 26.9 Å². The van der Waals surface area contributed by atoms with E-state index in [0.717, 1.165) is 48.1 Å². The van der Waals surface area contributed by atoms with Crippen LogP contribution < -0.4 is 0 Å². The van der Waals surface area contributed by atoms with Gasteiger partial charge in [-0.2, -0.15) is 0 Å². The Morgan fingerprint density at radius 2 is 1.88 bits per heavy atom. The van der Waals surface area contributed by atoms with Gasteiger partial charge in [0.1, 0.15) is 11.5 Å². The molecule has 1 fully saturated rings. The van der Waals surface area contributed by atoms with Crippen LogP contribution in [-0.2, 0) is 11.2 Å². The predicted molar refractivity (Wildman–Crippen MR) is 98.7 cm³/mol. The van der Waals surface area contributed by atoms with Gasteiger partial charge in [-0.1, -0.05) is 0 Å². The Labute approximate surface area is 152 Å². The third-order valence-electron chi connectivity index (χ3n) is 5.06. The molecule has 0 bridgehead atoms. The summed E-state index contributed by atoms with van der Waals surface area (Å²) in [5, 5.41) is 1.95. The van der Waals surface area contributed by atoms with E-state index in [1.807, 2.05) is 12.1 Å². The molecule has 0 spiro atoms. The molecule has 4 rings (SSSR count). The number of piperidine rings is 1. The lowest BCUT2D eigenvalue weighted by atomic mass is 9.90. The van der Waals surface area contributed by atoms with Gasteiger partial charge in [0, 0.05) is 42.7 Å². The summed E-state index contributed by atoms with van der Waals surface area (Å²) < 4.78 is 5.55. The van der Waals surface area contributed by atoms with Crippen molar-refractivity contribution in [1.82, 2.24) is 19.9 Å². The minimum absolute atomic E-state index is 0.161. The van der Waals surface area contributed by atoms with Gasteiger partial charge in [0.05, 0.1) is 6.20 Å². The molecule has 1 aliphatic rings. The van der Waals surface area contributed by atoms with Crippen LogP contribution in [0.15, 0.2) is 35.1 Å². The molecule has 3 aromatic rings. The highest BCUT2D eigenvalue weighted by Crippen LogP contribution is 2.24. The lowest BCUT2D eigenvalue weighted by Crippen LogP contribution is -2.34. The molecule has 0 amide bonds. The Bertz CT molecular complexity index is 942. The number of aromatic nitrogens is 3. The Morgan fingerprint density at radius 3 is 2.62 bits per heavy atom. The van der Waals surface area contributed by atoms with E-state index in [1.54, 1.807) is 25.5 Å². The molecule has 1 aliphatic heterocycles. The third-order valence-corrected chi connectivity index (χ3v) is 5.06. The first-order valence-corrected chi connectivity index (χ1v) is 8.97. The lowest BCUT2D eigenvalue weighted by molar-refractivity contribution is -0.123. The number of nitrogens with zero attached hydrogens (tertiary/aromatic N) is 4. The minimum atomic E-state index is 0.161. The van der Waals surface area contributed by atoms with E-state index >= 15 is 0 Å². The molecule has 0 radical (unpaired) electrons. The summed E-state index contributed by atoms with van der Waals surface area (Å²) in [5.74, 6) is 1.71. The Morgan fingerprint density at radius 1 is 1.12 bits per heavy atom. The lowest BCUT2D eigenvalue weighted by Gasteiger charge is -2.27. The van der Waals surface area contributed by atoms with Crippen molar-refractivity contribution < 1.29 is 9.21 Å². The maximum atomic E-state index is 12.6. The summed E-state index contributed by atoms with van der Waals surface area (Å²) in [6.07, 6.45) is 7.52. The molecule has 0 saturated carbocycles. The number of ketones is 1. The normalized spacial score (nSPS) is 16.2. The molecule has 0 unspecified atom stereocenters. The number of rotatable bonds is 4. The zero-order chi connectivity index (χ0) is 18.1. The number of carbonyl (C=O) groups excluding carboxylic acids is 1. The molecule has 0 aromatic carbocycles. The van der Waals surface area contributed by atoms with Crippen molar-refractivity contribution in [2.75, 3.05) is 20.1 Å². The van der Waals surface area contributed by atoms with Gasteiger partial charge in [-0.25, -0.2) is 4.98 Å². The zero-order valence-electron chi connectivity index (χ0n) is 15.1. The fourth-order valence-corrected chi connectivity index (χ4v) is 3.45. The number of oxazole rings is 1. The molecule has 0 aliphatic carbocycles. The summed E-state index contributed by atoms with van der Waals surface area (Å²) in [4.78, 5) is 27.9. The van der Waals surface area contributed by atoms with Gasteiger partial charge in [-0.05, 0) is 50.5 Å². The Balaban J connectivity index is 1.55. The molecule has 0 atom stereocenters. The standard InChI is InChI=1S/C20H22N4O2/c1-13-21-12-20(26-13)18-8-15-7-17(22-10-16(15)11-23-18)9-19(25)14-3-5-24(2)6-4-14/h7-8,10-12,14H,3-6,9H2,1-2H3. The number of aryl methyl sites for hydroxylation is 1. The zero-order valence-corrected chi connectivity index (χ0v) is 15.1. The number of pyridine rings is 2. The van der Waals surface area contributed by atoms with Gasteiger partial charge in [-0.15, -0.1) is 0 Å². The molecule has 6 nitrogen and oxygen atoms in total. The van der Waals surface area contributed by atoms with Crippen molar-refractivity contribution in [3.8, 4) is 11.5 Å². The number of fused-ring (bicyclic) bond motifs is 1. The first-order valence-electron chi connectivity index (χ1n) is 8.97. The van der Waals surface area contributed by atoms with Crippen LogP contribution in [0.25, 0.3) is 22.2 Å². The molecule has 1 saturated heterocycles. The van der Waals surface area contributed by atoms with Gasteiger partial charge in [0.2, 0.25) is 0 Å². The molecule has 4 heterocycles. The number of likely N-dealkylation sites (tertiary alicyclic amines) is 1. The highest BCUT2D eigenvalue weighted by Gasteiger charge is 2.23. The van der Waals surface area contributed by atoms with Crippen LogP contribution in [0.2, 0.25) is 0 Å². The van der Waals surface area contributed by atoms with Crippen molar-refractivity contribution in [2.45, 2.75) is 26.2 Å². The van der Waals surface area contributed by atoms with E-state index in [1.165, 1.54) is 0 Å². The second kappa shape index (κ2) is 6.96. The Kier molecular flexibility index (Phi) is 4.51. The van der Waals surface area contributed by atoms with Crippen LogP contribution in [0, 0.1) is 12.8 Å². The van der Waals surface area contributed by atoms with E-state index < -0.39 is 0 Å². The second-order valence-electron chi connectivity index (χ2n) is 7.06. The number of Topliss-reactive ketones (excluding diaryl/α,β-unsaturated/α-hetero) is 1. The average Bonchev–Trinajstić information content (AvgIpc) is 3.08. The highest BCUT2D eigenvalue weighted by molar-refractivity contribution is 5.87. The van der Waals surface area contributed by atoms with Crippen LogP contribution >= 0.6 is 0 Å². The monoisotopic (exact) mass is 350 g/mol. The van der Waals surface area contributed by atoms with Crippen LogP contribution in [-0.4, -0.2) is 45.8 Å². The fraction of sp³-hybridized carbons (Fsp3) is 0.400. The second-order valence-corrected chi connectivity index (χ2v) is 7.06. The van der Waals surface area contributed by atoms with Gasteiger partial charge >= 0.3 is 0 Å². The van der Waals surface area contributed by atoms with Crippen molar-refractivity contribution in [2.24, 2.45) is 5.92 Å². The minimum Gasteiger partial charge on any atom is -0.439 e. The quantitative estimate of drug-likeness (QED) is 0.720. The van der Waals surface area contributed by atoms with Crippen molar-refractivity contribution in [3.05, 3.63) is 42.3 Å². The van der Waals surface area contributed by atoms with Gasteiger partial charge in [-0.3, -0.25) is 14.8 Å². The maximum absolute atomic E-state index is 12.6. The van der Waals surface area contributed by atoms with E-state index in [4.69, 9.17) is 4.42 Å².